The Morgan fingerprint density at radius 1 is 1.28 bits per heavy atom. The Balaban J connectivity index is 1.60. The molecule has 96 valence electrons. The Morgan fingerprint density at radius 3 is 2.67 bits per heavy atom. The van der Waals surface area contributed by atoms with E-state index in [0.29, 0.717) is 19.0 Å². The van der Waals surface area contributed by atoms with E-state index in [1.54, 1.807) is 0 Å². The Morgan fingerprint density at radius 2 is 2.00 bits per heavy atom. The maximum atomic E-state index is 11.4. The molecule has 0 spiro atoms. The molecule has 1 saturated carbocycles. The zero-order valence-electron chi connectivity index (χ0n) is 10.6. The molecule has 1 fully saturated rings. The molecule has 0 aliphatic heterocycles. The fourth-order valence-electron chi connectivity index (χ4n) is 1.74. The first kappa shape index (κ1) is 12.8. The van der Waals surface area contributed by atoms with Crippen molar-refractivity contribution in [3.05, 3.63) is 42.5 Å². The lowest BCUT2D eigenvalue weighted by Gasteiger charge is -2.08. The molecule has 3 heteroatoms. The van der Waals surface area contributed by atoms with Crippen molar-refractivity contribution in [1.29, 1.82) is 0 Å². The van der Waals surface area contributed by atoms with Gasteiger partial charge < -0.3 is 10.6 Å². The molecule has 0 heterocycles. The van der Waals surface area contributed by atoms with Crippen LogP contribution < -0.4 is 10.6 Å². The summed E-state index contributed by atoms with van der Waals surface area (Å²) in [7, 11) is 0. The van der Waals surface area contributed by atoms with Crippen molar-refractivity contribution < 1.29 is 4.79 Å². The van der Waals surface area contributed by atoms with Gasteiger partial charge in [0.2, 0.25) is 5.91 Å². The number of carbonyl (C=O) groups excluding carboxylic acids is 1. The standard InChI is InChI=1S/C15H20N2O/c1-12(13-5-3-2-4-6-13)11-16-10-9-15(18)17-14-7-8-14/h2-6,14,16H,1,7-11H2,(H,17,18). The fourth-order valence-corrected chi connectivity index (χ4v) is 1.74. The summed E-state index contributed by atoms with van der Waals surface area (Å²) in [5.41, 5.74) is 2.20. The summed E-state index contributed by atoms with van der Waals surface area (Å²) in [5.74, 6) is 0.148. The third kappa shape index (κ3) is 4.34. The second kappa shape index (κ2) is 6.36. The SMILES string of the molecule is C=C(CNCCC(=O)NC1CC1)c1ccccc1. The minimum atomic E-state index is 0.148. The molecule has 2 rings (SSSR count). The Bertz CT molecular complexity index is 410. The van der Waals surface area contributed by atoms with E-state index < -0.39 is 0 Å². The van der Waals surface area contributed by atoms with Gasteiger partial charge in [-0.05, 0) is 24.0 Å². The first-order valence-electron chi connectivity index (χ1n) is 6.49. The number of carbonyl (C=O) groups is 1. The van der Waals surface area contributed by atoms with Crippen LogP contribution in [0.5, 0.6) is 0 Å². The molecular formula is C15H20N2O. The van der Waals surface area contributed by atoms with E-state index in [4.69, 9.17) is 0 Å². The Labute approximate surface area is 108 Å². The summed E-state index contributed by atoms with van der Waals surface area (Å²) >= 11 is 0. The van der Waals surface area contributed by atoms with Gasteiger partial charge in [0.25, 0.3) is 0 Å². The molecule has 0 atom stereocenters. The molecule has 2 N–H and O–H groups in total. The predicted molar refractivity (Wildman–Crippen MR) is 74.1 cm³/mol. The minimum absolute atomic E-state index is 0.148. The maximum absolute atomic E-state index is 11.4. The zero-order chi connectivity index (χ0) is 12.8. The molecule has 1 amide bonds. The number of benzene rings is 1. The van der Waals surface area contributed by atoms with E-state index in [1.165, 1.54) is 0 Å². The molecule has 0 unspecified atom stereocenters. The van der Waals surface area contributed by atoms with Crippen LogP contribution in [-0.2, 0) is 4.79 Å². The maximum Gasteiger partial charge on any atom is 0.221 e. The molecular weight excluding hydrogens is 224 g/mol. The second-order valence-corrected chi connectivity index (χ2v) is 4.74. The topological polar surface area (TPSA) is 41.1 Å². The third-order valence-corrected chi connectivity index (χ3v) is 2.99. The van der Waals surface area contributed by atoms with Crippen LogP contribution in [-0.4, -0.2) is 25.0 Å². The molecule has 0 bridgehead atoms. The summed E-state index contributed by atoms with van der Waals surface area (Å²) in [6, 6.07) is 10.5. The number of nitrogens with one attached hydrogen (secondary N) is 2. The van der Waals surface area contributed by atoms with Crippen molar-refractivity contribution in [2.45, 2.75) is 25.3 Å². The van der Waals surface area contributed by atoms with Crippen LogP contribution in [0.1, 0.15) is 24.8 Å². The third-order valence-electron chi connectivity index (χ3n) is 2.99. The molecule has 0 aromatic heterocycles. The minimum Gasteiger partial charge on any atom is -0.353 e. The van der Waals surface area contributed by atoms with E-state index in [1.807, 2.05) is 30.3 Å². The lowest BCUT2D eigenvalue weighted by molar-refractivity contribution is -0.121. The lowest BCUT2D eigenvalue weighted by atomic mass is 10.1. The zero-order valence-corrected chi connectivity index (χ0v) is 10.6. The van der Waals surface area contributed by atoms with Crippen molar-refractivity contribution in [2.75, 3.05) is 13.1 Å². The highest BCUT2D eigenvalue weighted by atomic mass is 16.1. The molecule has 0 saturated heterocycles. The van der Waals surface area contributed by atoms with Gasteiger partial charge in [-0.2, -0.15) is 0 Å². The van der Waals surface area contributed by atoms with Crippen LogP contribution in [0.25, 0.3) is 5.57 Å². The van der Waals surface area contributed by atoms with Gasteiger partial charge in [-0.15, -0.1) is 0 Å². The molecule has 18 heavy (non-hydrogen) atoms. The summed E-state index contributed by atoms with van der Waals surface area (Å²) in [5, 5.41) is 6.22. The molecule has 1 aromatic rings. The first-order chi connectivity index (χ1) is 8.75. The number of amides is 1. The van der Waals surface area contributed by atoms with E-state index in [-0.39, 0.29) is 5.91 Å². The summed E-state index contributed by atoms with van der Waals surface area (Å²) in [6.45, 7) is 5.46. The van der Waals surface area contributed by atoms with Gasteiger partial charge in [0.05, 0.1) is 0 Å². The molecule has 0 radical (unpaired) electrons. The predicted octanol–water partition coefficient (Wildman–Crippen LogP) is 1.96. The van der Waals surface area contributed by atoms with Crippen LogP contribution in [0.2, 0.25) is 0 Å². The quantitative estimate of drug-likeness (QED) is 0.720. The summed E-state index contributed by atoms with van der Waals surface area (Å²) < 4.78 is 0. The van der Waals surface area contributed by atoms with Crippen LogP contribution in [0, 0.1) is 0 Å². The van der Waals surface area contributed by atoms with Gasteiger partial charge >= 0.3 is 0 Å². The summed E-state index contributed by atoms with van der Waals surface area (Å²) in [6.07, 6.45) is 2.83. The summed E-state index contributed by atoms with van der Waals surface area (Å²) in [4.78, 5) is 11.4. The van der Waals surface area contributed by atoms with Gasteiger partial charge in [0.1, 0.15) is 0 Å². The van der Waals surface area contributed by atoms with E-state index >= 15 is 0 Å². The Kier molecular flexibility index (Phi) is 4.53. The van der Waals surface area contributed by atoms with Gasteiger partial charge in [0, 0.05) is 25.6 Å². The first-order valence-corrected chi connectivity index (χ1v) is 6.49. The molecule has 1 aliphatic carbocycles. The number of rotatable bonds is 7. The van der Waals surface area contributed by atoms with Gasteiger partial charge in [-0.1, -0.05) is 36.9 Å². The fraction of sp³-hybridized carbons (Fsp3) is 0.400. The van der Waals surface area contributed by atoms with Crippen molar-refractivity contribution in [3.8, 4) is 0 Å². The van der Waals surface area contributed by atoms with Crippen molar-refractivity contribution in [3.63, 3.8) is 0 Å². The van der Waals surface area contributed by atoms with Crippen LogP contribution >= 0.6 is 0 Å². The monoisotopic (exact) mass is 244 g/mol. The van der Waals surface area contributed by atoms with Crippen LogP contribution in [0.3, 0.4) is 0 Å². The van der Waals surface area contributed by atoms with Gasteiger partial charge in [0.15, 0.2) is 0 Å². The average Bonchev–Trinajstić information content (AvgIpc) is 3.19. The largest absolute Gasteiger partial charge is 0.353 e. The van der Waals surface area contributed by atoms with Gasteiger partial charge in [-0.3, -0.25) is 4.79 Å². The van der Waals surface area contributed by atoms with E-state index in [2.05, 4.69) is 17.2 Å². The molecule has 3 nitrogen and oxygen atoms in total. The van der Waals surface area contributed by atoms with Crippen molar-refractivity contribution in [1.82, 2.24) is 10.6 Å². The van der Waals surface area contributed by atoms with Gasteiger partial charge in [-0.25, -0.2) is 0 Å². The Hall–Kier alpha value is -1.61. The normalized spacial score (nSPS) is 14.2. The van der Waals surface area contributed by atoms with E-state index in [9.17, 15) is 4.79 Å². The number of hydrogen-bond acceptors (Lipinski definition) is 2. The van der Waals surface area contributed by atoms with Crippen molar-refractivity contribution >= 4 is 11.5 Å². The second-order valence-electron chi connectivity index (χ2n) is 4.74. The highest BCUT2D eigenvalue weighted by Gasteiger charge is 2.22. The highest BCUT2D eigenvalue weighted by Crippen LogP contribution is 2.18. The average molecular weight is 244 g/mol. The van der Waals surface area contributed by atoms with E-state index in [0.717, 1.165) is 30.5 Å². The highest BCUT2D eigenvalue weighted by molar-refractivity contribution is 5.76. The van der Waals surface area contributed by atoms with Crippen LogP contribution in [0.4, 0.5) is 0 Å². The number of hydrogen-bond donors (Lipinski definition) is 2. The molecule has 1 aromatic carbocycles. The lowest BCUT2D eigenvalue weighted by Crippen LogP contribution is -2.29. The molecule has 1 aliphatic rings. The smallest absolute Gasteiger partial charge is 0.221 e. The van der Waals surface area contributed by atoms with Crippen molar-refractivity contribution in [2.24, 2.45) is 0 Å². The van der Waals surface area contributed by atoms with Crippen LogP contribution in [0.15, 0.2) is 36.9 Å².